The van der Waals surface area contributed by atoms with Gasteiger partial charge in [0.05, 0.1) is 5.69 Å². The average molecular weight is 315 g/mol. The van der Waals surface area contributed by atoms with Crippen LogP contribution in [-0.2, 0) is 10.0 Å². The molecule has 1 heterocycles. The second kappa shape index (κ2) is 5.42. The summed E-state index contributed by atoms with van der Waals surface area (Å²) in [4.78, 5) is 10.8. The van der Waals surface area contributed by atoms with Gasteiger partial charge in [0.2, 0.25) is 10.0 Å². The van der Waals surface area contributed by atoms with Gasteiger partial charge in [-0.1, -0.05) is 20.3 Å². The first-order chi connectivity index (χ1) is 9.62. The highest BCUT2D eigenvalue weighted by atomic mass is 32.2. The van der Waals surface area contributed by atoms with Crippen molar-refractivity contribution in [3.8, 4) is 0 Å². The lowest BCUT2D eigenvalue weighted by molar-refractivity contribution is 0.0686. The number of aromatic amines is 1. The van der Waals surface area contributed by atoms with Crippen molar-refractivity contribution in [3.63, 3.8) is 0 Å². The summed E-state index contributed by atoms with van der Waals surface area (Å²) in [5.41, 5.74) is -0.142. The molecule has 1 atom stereocenters. The molecule has 1 aromatic rings. The van der Waals surface area contributed by atoms with Crippen molar-refractivity contribution in [2.75, 3.05) is 0 Å². The van der Waals surface area contributed by atoms with Gasteiger partial charge in [0.15, 0.2) is 5.69 Å². The molecule has 1 saturated carbocycles. The van der Waals surface area contributed by atoms with Gasteiger partial charge in [-0.05, 0) is 31.6 Å². The minimum atomic E-state index is -3.90. The predicted octanol–water partition coefficient (Wildman–Crippen LogP) is 1.66. The van der Waals surface area contributed by atoms with Crippen LogP contribution >= 0.6 is 0 Å². The van der Waals surface area contributed by atoms with Gasteiger partial charge >= 0.3 is 5.97 Å². The number of hydrogen-bond donors (Lipinski definition) is 3. The number of carboxylic acid groups (broad SMARTS) is 1. The Labute approximate surface area is 124 Å². The molecule has 0 amide bonds. The molecule has 1 aromatic heterocycles. The number of aromatic nitrogens is 2. The van der Waals surface area contributed by atoms with Crippen LogP contribution in [0, 0.1) is 12.3 Å². The maximum Gasteiger partial charge on any atom is 0.357 e. The van der Waals surface area contributed by atoms with Crippen LogP contribution in [0.25, 0.3) is 0 Å². The molecule has 0 radical (unpaired) electrons. The van der Waals surface area contributed by atoms with E-state index in [1.807, 2.05) is 0 Å². The molecule has 8 heteroatoms. The first-order valence-corrected chi connectivity index (χ1v) is 8.41. The maximum absolute atomic E-state index is 12.5. The number of aryl methyl sites for hydroxylation is 1. The SMILES string of the molecule is Cc1[nH]nc(C(=O)O)c1S(=O)(=O)NC1CCCC(C)(C)C1. The van der Waals surface area contributed by atoms with Crippen molar-refractivity contribution in [2.45, 2.75) is 57.4 Å². The third kappa shape index (κ3) is 3.44. The normalized spacial score (nSPS) is 22.1. The van der Waals surface area contributed by atoms with E-state index in [1.165, 1.54) is 6.92 Å². The van der Waals surface area contributed by atoms with E-state index >= 15 is 0 Å². The molecule has 0 aromatic carbocycles. The molecular weight excluding hydrogens is 294 g/mol. The van der Waals surface area contributed by atoms with Gasteiger partial charge in [-0.3, -0.25) is 5.10 Å². The largest absolute Gasteiger partial charge is 0.476 e. The number of H-pyrrole nitrogens is 1. The van der Waals surface area contributed by atoms with E-state index in [1.54, 1.807) is 0 Å². The minimum absolute atomic E-state index is 0.0898. The van der Waals surface area contributed by atoms with Gasteiger partial charge in [0, 0.05) is 6.04 Å². The average Bonchev–Trinajstić information content (AvgIpc) is 2.70. The van der Waals surface area contributed by atoms with Crippen LogP contribution in [0.5, 0.6) is 0 Å². The van der Waals surface area contributed by atoms with E-state index in [-0.39, 0.29) is 22.0 Å². The monoisotopic (exact) mass is 315 g/mol. The first-order valence-electron chi connectivity index (χ1n) is 6.93. The fourth-order valence-corrected chi connectivity index (χ4v) is 4.56. The lowest BCUT2D eigenvalue weighted by Crippen LogP contribution is -2.41. The highest BCUT2D eigenvalue weighted by molar-refractivity contribution is 7.89. The van der Waals surface area contributed by atoms with E-state index in [4.69, 9.17) is 5.11 Å². The fourth-order valence-electron chi connectivity index (χ4n) is 2.97. The number of hydrogen-bond acceptors (Lipinski definition) is 4. The lowest BCUT2D eigenvalue weighted by atomic mass is 9.75. The molecular formula is C13H21N3O4S. The number of nitrogens with zero attached hydrogens (tertiary/aromatic N) is 1. The number of carbonyl (C=O) groups is 1. The van der Waals surface area contributed by atoms with Gasteiger partial charge in [0.25, 0.3) is 0 Å². The zero-order valence-corrected chi connectivity index (χ0v) is 13.2. The van der Waals surface area contributed by atoms with Crippen molar-refractivity contribution in [3.05, 3.63) is 11.4 Å². The number of carboxylic acids is 1. The summed E-state index contributed by atoms with van der Waals surface area (Å²) < 4.78 is 27.6. The number of nitrogens with one attached hydrogen (secondary N) is 2. The molecule has 7 nitrogen and oxygen atoms in total. The Hall–Kier alpha value is -1.41. The molecule has 1 unspecified atom stereocenters. The standard InChI is InChI=1S/C13H21N3O4S/c1-8-11(10(12(17)18)15-14-8)21(19,20)16-9-5-4-6-13(2,3)7-9/h9,16H,4-7H2,1-3H3,(H,14,15)(H,17,18). The number of aromatic carboxylic acids is 1. The van der Waals surface area contributed by atoms with Crippen LogP contribution in [-0.4, -0.2) is 35.7 Å². The van der Waals surface area contributed by atoms with Crippen molar-refractivity contribution in [2.24, 2.45) is 5.41 Å². The van der Waals surface area contributed by atoms with Gasteiger partial charge in [-0.25, -0.2) is 17.9 Å². The third-order valence-electron chi connectivity index (χ3n) is 3.89. The Morgan fingerprint density at radius 1 is 1.48 bits per heavy atom. The fraction of sp³-hybridized carbons (Fsp3) is 0.692. The van der Waals surface area contributed by atoms with Crippen LogP contribution in [0.4, 0.5) is 0 Å². The summed E-state index contributed by atoms with van der Waals surface area (Å²) >= 11 is 0. The van der Waals surface area contributed by atoms with Gasteiger partial charge in [-0.2, -0.15) is 5.10 Å². The van der Waals surface area contributed by atoms with E-state index in [0.29, 0.717) is 0 Å². The summed E-state index contributed by atoms with van der Waals surface area (Å²) in [5.74, 6) is -1.36. The third-order valence-corrected chi connectivity index (χ3v) is 5.57. The quantitative estimate of drug-likeness (QED) is 0.782. The van der Waals surface area contributed by atoms with Gasteiger partial charge in [0.1, 0.15) is 4.90 Å². The zero-order valence-electron chi connectivity index (χ0n) is 12.4. The second-order valence-corrected chi connectivity index (χ2v) is 8.06. The Bertz CT molecular complexity index is 648. The van der Waals surface area contributed by atoms with Crippen molar-refractivity contribution >= 4 is 16.0 Å². The summed E-state index contributed by atoms with van der Waals surface area (Å²) in [6.07, 6.45) is 3.53. The van der Waals surface area contributed by atoms with Gasteiger partial charge < -0.3 is 5.11 Å². The minimum Gasteiger partial charge on any atom is -0.476 e. The molecule has 0 bridgehead atoms. The maximum atomic E-state index is 12.5. The topological polar surface area (TPSA) is 112 Å². The van der Waals surface area contributed by atoms with E-state index in [2.05, 4.69) is 28.8 Å². The Kier molecular flexibility index (Phi) is 4.12. The molecule has 2 rings (SSSR count). The number of sulfonamides is 1. The molecule has 21 heavy (non-hydrogen) atoms. The Balaban J connectivity index is 2.27. The lowest BCUT2D eigenvalue weighted by Gasteiger charge is -2.35. The summed E-state index contributed by atoms with van der Waals surface area (Å²) in [6.45, 7) is 5.72. The van der Waals surface area contributed by atoms with E-state index in [9.17, 15) is 13.2 Å². The smallest absolute Gasteiger partial charge is 0.357 e. The summed E-state index contributed by atoms with van der Waals surface area (Å²) in [7, 11) is -3.90. The zero-order chi connectivity index (χ0) is 15.8. The van der Waals surface area contributed by atoms with Crippen LogP contribution in [0.15, 0.2) is 4.90 Å². The number of rotatable bonds is 4. The predicted molar refractivity (Wildman–Crippen MR) is 76.6 cm³/mol. The molecule has 118 valence electrons. The molecule has 1 aliphatic carbocycles. The Morgan fingerprint density at radius 3 is 2.71 bits per heavy atom. The highest BCUT2D eigenvalue weighted by Crippen LogP contribution is 2.35. The molecule has 1 aliphatic rings. The summed E-state index contributed by atoms with van der Waals surface area (Å²) in [6, 6.07) is -0.172. The second-order valence-electron chi connectivity index (χ2n) is 6.41. The van der Waals surface area contributed by atoms with Crippen LogP contribution in [0.3, 0.4) is 0 Å². The summed E-state index contributed by atoms with van der Waals surface area (Å²) in [5, 5.41) is 15.0. The Morgan fingerprint density at radius 2 is 2.14 bits per heavy atom. The first kappa shape index (κ1) is 16.0. The van der Waals surface area contributed by atoms with Crippen LogP contribution in [0.1, 0.15) is 55.7 Å². The molecule has 3 N–H and O–H groups in total. The van der Waals surface area contributed by atoms with Gasteiger partial charge in [-0.15, -0.1) is 0 Å². The molecule has 0 spiro atoms. The molecule has 0 saturated heterocycles. The van der Waals surface area contributed by atoms with Crippen LogP contribution < -0.4 is 4.72 Å². The van der Waals surface area contributed by atoms with E-state index < -0.39 is 21.7 Å². The van der Waals surface area contributed by atoms with Crippen molar-refractivity contribution in [1.29, 1.82) is 0 Å². The van der Waals surface area contributed by atoms with Crippen LogP contribution in [0.2, 0.25) is 0 Å². The highest BCUT2D eigenvalue weighted by Gasteiger charge is 2.34. The van der Waals surface area contributed by atoms with Crippen molar-refractivity contribution < 1.29 is 18.3 Å². The molecule has 1 fully saturated rings. The van der Waals surface area contributed by atoms with Crippen molar-refractivity contribution in [1.82, 2.24) is 14.9 Å². The van der Waals surface area contributed by atoms with E-state index in [0.717, 1.165) is 25.7 Å². The molecule has 0 aliphatic heterocycles.